The smallest absolute Gasteiger partial charge is 0.289 e. The van der Waals surface area contributed by atoms with Crippen LogP contribution in [0.1, 0.15) is 41.0 Å². The SMILES string of the molecule is Cc1cc(=O)cc(C(=O)N2CCC(C(O)c3ccccn3)CC2)o1. The van der Waals surface area contributed by atoms with Crippen LogP contribution in [0.15, 0.2) is 45.7 Å². The number of aromatic nitrogens is 1. The molecule has 1 saturated heterocycles. The molecule has 126 valence electrons. The highest BCUT2D eigenvalue weighted by Gasteiger charge is 2.30. The van der Waals surface area contributed by atoms with E-state index in [4.69, 9.17) is 4.42 Å². The van der Waals surface area contributed by atoms with E-state index in [1.54, 1.807) is 18.0 Å². The third-order valence-electron chi connectivity index (χ3n) is 4.36. The molecule has 0 spiro atoms. The molecule has 0 saturated carbocycles. The highest BCUT2D eigenvalue weighted by molar-refractivity contribution is 5.91. The molecule has 3 rings (SSSR count). The largest absolute Gasteiger partial charge is 0.456 e. The number of aryl methyl sites for hydroxylation is 1. The van der Waals surface area contributed by atoms with Crippen LogP contribution >= 0.6 is 0 Å². The maximum Gasteiger partial charge on any atom is 0.289 e. The summed E-state index contributed by atoms with van der Waals surface area (Å²) >= 11 is 0. The first-order valence-electron chi connectivity index (χ1n) is 8.04. The Kier molecular flexibility index (Phi) is 4.76. The van der Waals surface area contributed by atoms with Crippen molar-refractivity contribution in [3.63, 3.8) is 0 Å². The lowest BCUT2D eigenvalue weighted by atomic mass is 9.89. The molecular weight excluding hydrogens is 308 g/mol. The normalized spacial score (nSPS) is 16.8. The Balaban J connectivity index is 1.64. The monoisotopic (exact) mass is 328 g/mol. The number of piperidine rings is 1. The topological polar surface area (TPSA) is 83.6 Å². The van der Waals surface area contributed by atoms with Crippen LogP contribution in [-0.4, -0.2) is 34.0 Å². The van der Waals surface area contributed by atoms with Gasteiger partial charge in [0.2, 0.25) is 0 Å². The Bertz CT molecular complexity index is 764. The summed E-state index contributed by atoms with van der Waals surface area (Å²) in [5, 5.41) is 10.4. The number of aliphatic hydroxyl groups excluding tert-OH is 1. The molecule has 24 heavy (non-hydrogen) atoms. The Hall–Kier alpha value is -2.47. The quantitative estimate of drug-likeness (QED) is 0.931. The van der Waals surface area contributed by atoms with Crippen LogP contribution in [0.2, 0.25) is 0 Å². The number of hydrogen-bond donors (Lipinski definition) is 1. The summed E-state index contributed by atoms with van der Waals surface area (Å²) in [7, 11) is 0. The van der Waals surface area contributed by atoms with Gasteiger partial charge >= 0.3 is 0 Å². The minimum Gasteiger partial charge on any atom is -0.456 e. The molecule has 0 bridgehead atoms. The van der Waals surface area contributed by atoms with Gasteiger partial charge in [-0.3, -0.25) is 14.6 Å². The fourth-order valence-corrected chi connectivity index (χ4v) is 3.08. The van der Waals surface area contributed by atoms with E-state index < -0.39 is 6.10 Å². The van der Waals surface area contributed by atoms with Crippen molar-refractivity contribution in [2.45, 2.75) is 25.9 Å². The van der Waals surface area contributed by atoms with Gasteiger partial charge in [-0.2, -0.15) is 0 Å². The Morgan fingerprint density at radius 3 is 2.71 bits per heavy atom. The number of nitrogens with zero attached hydrogens (tertiary/aromatic N) is 2. The fraction of sp³-hybridized carbons (Fsp3) is 0.389. The van der Waals surface area contributed by atoms with Gasteiger partial charge in [-0.25, -0.2) is 0 Å². The zero-order valence-corrected chi connectivity index (χ0v) is 13.5. The number of carbonyl (C=O) groups excluding carboxylic acids is 1. The Morgan fingerprint density at radius 1 is 1.33 bits per heavy atom. The van der Waals surface area contributed by atoms with Crippen LogP contribution in [0.4, 0.5) is 0 Å². The third kappa shape index (κ3) is 3.54. The molecule has 0 aromatic carbocycles. The van der Waals surface area contributed by atoms with E-state index >= 15 is 0 Å². The maximum absolute atomic E-state index is 12.5. The predicted molar refractivity (Wildman–Crippen MR) is 87.5 cm³/mol. The second kappa shape index (κ2) is 6.97. The lowest BCUT2D eigenvalue weighted by molar-refractivity contribution is 0.0426. The molecule has 6 heteroatoms. The van der Waals surface area contributed by atoms with E-state index in [1.165, 1.54) is 12.1 Å². The lowest BCUT2D eigenvalue weighted by Gasteiger charge is -2.33. The van der Waals surface area contributed by atoms with Gasteiger partial charge in [0, 0.05) is 31.4 Å². The average Bonchev–Trinajstić information content (AvgIpc) is 2.60. The molecule has 2 aromatic heterocycles. The number of aliphatic hydroxyl groups is 1. The zero-order chi connectivity index (χ0) is 17.1. The molecule has 1 fully saturated rings. The highest BCUT2D eigenvalue weighted by Crippen LogP contribution is 2.30. The van der Waals surface area contributed by atoms with Crippen LogP contribution < -0.4 is 5.43 Å². The van der Waals surface area contributed by atoms with Crippen molar-refractivity contribution >= 4 is 5.91 Å². The summed E-state index contributed by atoms with van der Waals surface area (Å²) in [6.07, 6.45) is 2.40. The van der Waals surface area contributed by atoms with E-state index in [1.807, 2.05) is 18.2 Å². The van der Waals surface area contributed by atoms with E-state index in [0.717, 1.165) is 0 Å². The van der Waals surface area contributed by atoms with E-state index in [-0.39, 0.29) is 23.0 Å². The van der Waals surface area contributed by atoms with Gasteiger partial charge in [-0.05, 0) is 37.8 Å². The summed E-state index contributed by atoms with van der Waals surface area (Å²) in [4.78, 5) is 29.9. The van der Waals surface area contributed by atoms with Gasteiger partial charge in [0.1, 0.15) is 5.76 Å². The molecule has 1 atom stereocenters. The number of likely N-dealkylation sites (tertiary alicyclic amines) is 1. The standard InChI is InChI=1S/C18H20N2O4/c1-12-10-14(21)11-16(24-12)18(23)20-8-5-13(6-9-20)17(22)15-4-2-3-7-19-15/h2-4,7,10-11,13,17,22H,5-6,8-9H2,1H3. The van der Waals surface area contributed by atoms with Gasteiger partial charge in [0.25, 0.3) is 5.91 Å². The first kappa shape index (κ1) is 16.4. The van der Waals surface area contributed by atoms with Crippen molar-refractivity contribution in [1.82, 2.24) is 9.88 Å². The van der Waals surface area contributed by atoms with Crippen LogP contribution in [-0.2, 0) is 0 Å². The molecule has 1 amide bonds. The van der Waals surface area contributed by atoms with Gasteiger partial charge in [-0.1, -0.05) is 6.07 Å². The molecule has 1 N–H and O–H groups in total. The summed E-state index contributed by atoms with van der Waals surface area (Å²) in [6.45, 7) is 2.68. The number of carbonyl (C=O) groups is 1. The molecule has 6 nitrogen and oxygen atoms in total. The van der Waals surface area contributed by atoms with Crippen LogP contribution in [0.3, 0.4) is 0 Å². The van der Waals surface area contributed by atoms with Crippen molar-refractivity contribution in [1.29, 1.82) is 0 Å². The fourth-order valence-electron chi connectivity index (χ4n) is 3.08. The van der Waals surface area contributed by atoms with Gasteiger partial charge in [-0.15, -0.1) is 0 Å². The van der Waals surface area contributed by atoms with Crippen molar-refractivity contribution in [3.05, 3.63) is 64.0 Å². The number of pyridine rings is 1. The van der Waals surface area contributed by atoms with Crippen molar-refractivity contribution < 1.29 is 14.3 Å². The third-order valence-corrected chi connectivity index (χ3v) is 4.36. The number of rotatable bonds is 3. The van der Waals surface area contributed by atoms with Gasteiger partial charge < -0.3 is 14.4 Å². The molecule has 1 aliphatic rings. The van der Waals surface area contributed by atoms with E-state index in [0.29, 0.717) is 37.4 Å². The van der Waals surface area contributed by atoms with Crippen molar-refractivity contribution in [2.75, 3.05) is 13.1 Å². The maximum atomic E-state index is 12.5. The molecule has 0 aliphatic carbocycles. The van der Waals surface area contributed by atoms with Crippen molar-refractivity contribution in [3.8, 4) is 0 Å². The molecule has 3 heterocycles. The summed E-state index contributed by atoms with van der Waals surface area (Å²) in [5.41, 5.74) is 0.425. The van der Waals surface area contributed by atoms with Gasteiger partial charge in [0.05, 0.1) is 11.8 Å². The lowest BCUT2D eigenvalue weighted by Crippen LogP contribution is -2.40. The van der Waals surface area contributed by atoms with Crippen LogP contribution in [0.25, 0.3) is 0 Å². The number of hydrogen-bond acceptors (Lipinski definition) is 5. The second-order valence-electron chi connectivity index (χ2n) is 6.10. The zero-order valence-electron chi connectivity index (χ0n) is 13.5. The van der Waals surface area contributed by atoms with E-state index in [2.05, 4.69) is 4.98 Å². The number of amides is 1. The molecule has 2 aromatic rings. The van der Waals surface area contributed by atoms with Gasteiger partial charge in [0.15, 0.2) is 11.2 Å². The highest BCUT2D eigenvalue weighted by atomic mass is 16.3. The summed E-state index contributed by atoms with van der Waals surface area (Å²) < 4.78 is 5.37. The van der Waals surface area contributed by atoms with Crippen molar-refractivity contribution in [2.24, 2.45) is 5.92 Å². The van der Waals surface area contributed by atoms with E-state index in [9.17, 15) is 14.7 Å². The summed E-state index contributed by atoms with van der Waals surface area (Å²) in [5.74, 6) is 0.282. The Labute approximate surface area is 139 Å². The first-order chi connectivity index (χ1) is 11.5. The minimum absolute atomic E-state index is 0.0634. The molecular formula is C18H20N2O4. The average molecular weight is 328 g/mol. The first-order valence-corrected chi connectivity index (χ1v) is 8.04. The summed E-state index contributed by atoms with van der Waals surface area (Å²) in [6, 6.07) is 8.05. The minimum atomic E-state index is -0.625. The second-order valence-corrected chi connectivity index (χ2v) is 6.10. The van der Waals surface area contributed by atoms with Crippen LogP contribution in [0.5, 0.6) is 0 Å². The predicted octanol–water partition coefficient (Wildman–Crippen LogP) is 1.93. The van der Waals surface area contributed by atoms with Crippen LogP contribution in [0, 0.1) is 12.8 Å². The molecule has 0 radical (unpaired) electrons. The molecule has 1 unspecified atom stereocenters. The Morgan fingerprint density at radius 2 is 2.08 bits per heavy atom. The molecule has 1 aliphatic heterocycles.